The second-order valence-electron chi connectivity index (χ2n) is 7.28. The molecule has 1 fully saturated rings. The molecule has 0 aliphatic carbocycles. The number of aromatic nitrogens is 2. The number of ether oxygens (including phenoxy) is 1. The second kappa shape index (κ2) is 7.78. The summed E-state index contributed by atoms with van der Waals surface area (Å²) in [6.45, 7) is 1.84. The van der Waals surface area contributed by atoms with Gasteiger partial charge in [0.2, 0.25) is 5.82 Å². The highest BCUT2D eigenvalue weighted by Gasteiger charge is 2.38. The van der Waals surface area contributed by atoms with Crippen molar-refractivity contribution in [2.24, 2.45) is 5.92 Å². The predicted octanol–water partition coefficient (Wildman–Crippen LogP) is 5.63. The molecule has 3 aromatic rings. The number of rotatable bonds is 4. The van der Waals surface area contributed by atoms with Crippen molar-refractivity contribution in [3.05, 3.63) is 53.3 Å². The highest BCUT2D eigenvalue weighted by Crippen LogP contribution is 2.34. The zero-order valence-corrected chi connectivity index (χ0v) is 16.7. The van der Waals surface area contributed by atoms with Crippen LogP contribution in [0.25, 0.3) is 11.0 Å². The minimum absolute atomic E-state index is 0.152. The Morgan fingerprint density at radius 3 is 2.52 bits per heavy atom. The molecule has 1 aromatic heterocycles. The van der Waals surface area contributed by atoms with Gasteiger partial charge in [0, 0.05) is 25.3 Å². The van der Waals surface area contributed by atoms with Crippen LogP contribution >= 0.6 is 11.6 Å². The Hall–Kier alpha value is -2.41. The van der Waals surface area contributed by atoms with E-state index in [1.54, 1.807) is 31.4 Å². The molecule has 8 heteroatoms. The lowest BCUT2D eigenvalue weighted by Crippen LogP contribution is -2.35. The Bertz CT molecular complexity index is 1010. The van der Waals surface area contributed by atoms with Crippen molar-refractivity contribution in [3.63, 3.8) is 0 Å². The molecule has 0 N–H and O–H groups in total. The van der Waals surface area contributed by atoms with Gasteiger partial charge in [-0.2, -0.15) is 13.2 Å². The number of piperidine rings is 1. The number of benzene rings is 2. The molecule has 2 heterocycles. The van der Waals surface area contributed by atoms with Crippen LogP contribution in [-0.2, 0) is 12.7 Å². The van der Waals surface area contributed by atoms with Gasteiger partial charge in [0.15, 0.2) is 0 Å². The standard InChI is InChI=1S/C21H21ClF3N3O/c1-29-19-7-6-15(12-16(19)22)27-10-8-14(9-11-27)13-28-18-5-3-2-4-17(18)26-20(28)21(23,24)25/h2-7,12,14H,8-11,13H2,1H3. The minimum Gasteiger partial charge on any atom is -0.495 e. The molecule has 1 aliphatic heterocycles. The molecule has 0 amide bonds. The van der Waals surface area contributed by atoms with Crippen LogP contribution in [0.1, 0.15) is 18.7 Å². The molecule has 29 heavy (non-hydrogen) atoms. The highest BCUT2D eigenvalue weighted by molar-refractivity contribution is 6.32. The van der Waals surface area contributed by atoms with Gasteiger partial charge in [-0.1, -0.05) is 23.7 Å². The maximum atomic E-state index is 13.5. The lowest BCUT2D eigenvalue weighted by atomic mass is 9.96. The van der Waals surface area contributed by atoms with Crippen molar-refractivity contribution in [3.8, 4) is 5.75 Å². The summed E-state index contributed by atoms with van der Waals surface area (Å²) in [5, 5.41) is 0.548. The summed E-state index contributed by atoms with van der Waals surface area (Å²) < 4.78 is 47.0. The van der Waals surface area contributed by atoms with Gasteiger partial charge in [-0.25, -0.2) is 4.98 Å². The summed E-state index contributed by atoms with van der Waals surface area (Å²) in [7, 11) is 1.57. The van der Waals surface area contributed by atoms with Crippen LogP contribution in [0, 0.1) is 5.92 Å². The Labute approximate surface area is 171 Å². The first-order valence-corrected chi connectivity index (χ1v) is 9.85. The fourth-order valence-electron chi connectivity index (χ4n) is 3.96. The van der Waals surface area contributed by atoms with E-state index in [4.69, 9.17) is 16.3 Å². The summed E-state index contributed by atoms with van der Waals surface area (Å²) in [5.74, 6) is -0.0429. The predicted molar refractivity (Wildman–Crippen MR) is 108 cm³/mol. The van der Waals surface area contributed by atoms with E-state index < -0.39 is 12.0 Å². The lowest BCUT2D eigenvalue weighted by molar-refractivity contribution is -0.147. The number of alkyl halides is 3. The number of anilines is 1. The van der Waals surface area contributed by atoms with Crippen molar-refractivity contribution in [2.45, 2.75) is 25.6 Å². The fourth-order valence-corrected chi connectivity index (χ4v) is 4.21. The number of para-hydroxylation sites is 2. The number of hydrogen-bond acceptors (Lipinski definition) is 3. The van der Waals surface area contributed by atoms with Crippen LogP contribution in [0.2, 0.25) is 5.02 Å². The Balaban J connectivity index is 1.50. The number of fused-ring (bicyclic) bond motifs is 1. The lowest BCUT2D eigenvalue weighted by Gasteiger charge is -2.34. The van der Waals surface area contributed by atoms with E-state index >= 15 is 0 Å². The zero-order valence-electron chi connectivity index (χ0n) is 15.9. The normalized spacial score (nSPS) is 15.8. The third kappa shape index (κ3) is 4.01. The Morgan fingerprint density at radius 2 is 1.86 bits per heavy atom. The van der Waals surface area contributed by atoms with E-state index in [0.717, 1.165) is 31.6 Å². The van der Waals surface area contributed by atoms with Crippen LogP contribution < -0.4 is 9.64 Å². The van der Waals surface area contributed by atoms with E-state index in [1.165, 1.54) is 4.57 Å². The molecule has 4 rings (SSSR count). The minimum atomic E-state index is -4.47. The molecule has 1 saturated heterocycles. The Kier molecular flexibility index (Phi) is 5.34. The summed E-state index contributed by atoms with van der Waals surface area (Å²) in [6, 6.07) is 12.4. The van der Waals surface area contributed by atoms with Crippen molar-refractivity contribution >= 4 is 28.3 Å². The molecule has 0 saturated carbocycles. The van der Waals surface area contributed by atoms with Crippen molar-refractivity contribution in [1.82, 2.24) is 9.55 Å². The van der Waals surface area contributed by atoms with Crippen LogP contribution in [0.4, 0.5) is 18.9 Å². The monoisotopic (exact) mass is 423 g/mol. The van der Waals surface area contributed by atoms with Crippen LogP contribution in [0.5, 0.6) is 5.75 Å². The van der Waals surface area contributed by atoms with Crippen LogP contribution in [0.3, 0.4) is 0 Å². The topological polar surface area (TPSA) is 30.3 Å². The average molecular weight is 424 g/mol. The average Bonchev–Trinajstić information content (AvgIpc) is 3.08. The van der Waals surface area contributed by atoms with E-state index in [1.807, 2.05) is 18.2 Å². The van der Waals surface area contributed by atoms with Gasteiger partial charge in [0.05, 0.1) is 23.2 Å². The molecule has 4 nitrogen and oxygen atoms in total. The van der Waals surface area contributed by atoms with Gasteiger partial charge >= 0.3 is 6.18 Å². The first-order chi connectivity index (χ1) is 13.9. The quantitative estimate of drug-likeness (QED) is 0.544. The SMILES string of the molecule is COc1ccc(N2CCC(Cn3c(C(F)(F)F)nc4ccccc43)CC2)cc1Cl. The molecule has 2 aromatic carbocycles. The van der Waals surface area contributed by atoms with Gasteiger partial charge in [0.25, 0.3) is 0 Å². The van der Waals surface area contributed by atoms with Gasteiger partial charge < -0.3 is 14.2 Å². The van der Waals surface area contributed by atoms with E-state index in [-0.39, 0.29) is 5.92 Å². The maximum Gasteiger partial charge on any atom is 0.449 e. The molecule has 0 bridgehead atoms. The molecule has 0 unspecified atom stereocenters. The number of hydrogen-bond donors (Lipinski definition) is 0. The summed E-state index contributed by atoms with van der Waals surface area (Å²) in [6.07, 6.45) is -2.87. The fraction of sp³-hybridized carbons (Fsp3) is 0.381. The Morgan fingerprint density at radius 1 is 1.14 bits per heavy atom. The van der Waals surface area contributed by atoms with Crippen molar-refractivity contribution in [1.29, 1.82) is 0 Å². The van der Waals surface area contributed by atoms with Crippen molar-refractivity contribution in [2.75, 3.05) is 25.1 Å². The molecule has 0 atom stereocenters. The second-order valence-corrected chi connectivity index (χ2v) is 7.69. The summed E-state index contributed by atoms with van der Waals surface area (Å²) >= 11 is 6.22. The number of imidazole rings is 1. The molecular formula is C21H21ClF3N3O. The molecule has 0 spiro atoms. The molecular weight excluding hydrogens is 403 g/mol. The summed E-state index contributed by atoms with van der Waals surface area (Å²) in [4.78, 5) is 6.05. The van der Waals surface area contributed by atoms with E-state index in [9.17, 15) is 13.2 Å². The van der Waals surface area contributed by atoms with E-state index in [0.29, 0.717) is 28.4 Å². The third-order valence-electron chi connectivity index (χ3n) is 5.46. The largest absolute Gasteiger partial charge is 0.495 e. The first kappa shape index (κ1) is 19.9. The van der Waals surface area contributed by atoms with Gasteiger partial charge in [-0.05, 0) is 49.1 Å². The third-order valence-corrected chi connectivity index (χ3v) is 5.76. The smallest absolute Gasteiger partial charge is 0.449 e. The van der Waals surface area contributed by atoms with Gasteiger partial charge in [-0.15, -0.1) is 0 Å². The van der Waals surface area contributed by atoms with Crippen molar-refractivity contribution < 1.29 is 17.9 Å². The highest BCUT2D eigenvalue weighted by atomic mass is 35.5. The molecule has 154 valence electrons. The zero-order chi connectivity index (χ0) is 20.6. The number of methoxy groups -OCH3 is 1. The number of nitrogens with zero attached hydrogens (tertiary/aromatic N) is 3. The number of halogens is 4. The van der Waals surface area contributed by atoms with Crippen LogP contribution in [-0.4, -0.2) is 29.8 Å². The first-order valence-electron chi connectivity index (χ1n) is 9.48. The molecule has 1 aliphatic rings. The van der Waals surface area contributed by atoms with E-state index in [2.05, 4.69) is 9.88 Å². The van der Waals surface area contributed by atoms with Crippen LogP contribution in [0.15, 0.2) is 42.5 Å². The maximum absolute atomic E-state index is 13.5. The van der Waals surface area contributed by atoms with Gasteiger partial charge in [0.1, 0.15) is 5.75 Å². The summed E-state index contributed by atoms with van der Waals surface area (Å²) in [5.41, 5.74) is 1.91. The van der Waals surface area contributed by atoms with Gasteiger partial charge in [-0.3, -0.25) is 0 Å². The molecule has 0 radical (unpaired) electrons.